The molecule has 2 N–H and O–H groups in total. The van der Waals surface area contributed by atoms with Crippen molar-refractivity contribution >= 4 is 5.91 Å². The van der Waals surface area contributed by atoms with Gasteiger partial charge in [-0.25, -0.2) is 0 Å². The Kier molecular flexibility index (Phi) is 8.54. The number of hydrogen-bond donors (Lipinski definition) is 2. The number of carbonyl (C=O) groups is 1. The third-order valence-electron chi connectivity index (χ3n) is 3.94. The summed E-state index contributed by atoms with van der Waals surface area (Å²) >= 11 is 0. The molecule has 0 aromatic rings. The van der Waals surface area contributed by atoms with E-state index in [1.165, 1.54) is 19.3 Å². The first-order valence-electron chi connectivity index (χ1n) is 7.95. The van der Waals surface area contributed by atoms with Gasteiger partial charge in [-0.2, -0.15) is 0 Å². The van der Waals surface area contributed by atoms with Crippen molar-refractivity contribution in [2.24, 2.45) is 5.92 Å². The van der Waals surface area contributed by atoms with Crippen LogP contribution < -0.4 is 10.6 Å². The zero-order valence-electron chi connectivity index (χ0n) is 13.2. The fourth-order valence-electron chi connectivity index (χ4n) is 2.26. The Labute approximate surface area is 123 Å². The van der Waals surface area contributed by atoms with Crippen LogP contribution in [0.15, 0.2) is 11.8 Å². The highest BCUT2D eigenvalue weighted by Crippen LogP contribution is 2.14. The summed E-state index contributed by atoms with van der Waals surface area (Å²) in [5.41, 5.74) is 1.02. The van der Waals surface area contributed by atoms with Crippen molar-refractivity contribution in [1.82, 2.24) is 10.6 Å². The van der Waals surface area contributed by atoms with Gasteiger partial charge in [0, 0.05) is 18.8 Å². The van der Waals surface area contributed by atoms with Crippen LogP contribution >= 0.6 is 0 Å². The average molecular weight is 282 g/mol. The molecule has 1 aliphatic heterocycles. The molecule has 1 rings (SSSR count). The lowest BCUT2D eigenvalue weighted by Crippen LogP contribution is -2.47. The van der Waals surface area contributed by atoms with Gasteiger partial charge < -0.3 is 15.4 Å². The molecule has 0 aromatic heterocycles. The van der Waals surface area contributed by atoms with Crippen molar-refractivity contribution in [3.05, 3.63) is 11.8 Å². The number of hydrogen-bond acceptors (Lipinski definition) is 3. The number of ether oxygens (including phenoxy) is 1. The van der Waals surface area contributed by atoms with Crippen LogP contribution in [0.1, 0.15) is 52.9 Å². The van der Waals surface area contributed by atoms with Crippen LogP contribution in [-0.2, 0) is 9.53 Å². The van der Waals surface area contributed by atoms with Crippen LogP contribution in [0.5, 0.6) is 0 Å². The normalized spacial score (nSPS) is 21.6. The van der Waals surface area contributed by atoms with Gasteiger partial charge >= 0.3 is 0 Å². The Morgan fingerprint density at radius 3 is 2.90 bits per heavy atom. The molecule has 0 aliphatic carbocycles. The maximum Gasteiger partial charge on any atom is 0.254 e. The van der Waals surface area contributed by atoms with Crippen LogP contribution in [0.4, 0.5) is 0 Å². The lowest BCUT2D eigenvalue weighted by atomic mass is 10.0. The van der Waals surface area contributed by atoms with Gasteiger partial charge in [0.2, 0.25) is 0 Å². The molecule has 4 heteroatoms. The van der Waals surface area contributed by atoms with Gasteiger partial charge in [-0.1, -0.05) is 39.2 Å². The predicted octanol–water partition coefficient (Wildman–Crippen LogP) is 2.60. The Balaban J connectivity index is 2.23. The van der Waals surface area contributed by atoms with Crippen molar-refractivity contribution in [3.63, 3.8) is 0 Å². The molecule has 2 unspecified atom stereocenters. The largest absolute Gasteiger partial charge is 0.366 e. The first-order chi connectivity index (χ1) is 9.67. The van der Waals surface area contributed by atoms with E-state index in [9.17, 15) is 4.79 Å². The minimum atomic E-state index is -0.348. The fourth-order valence-corrected chi connectivity index (χ4v) is 2.26. The summed E-state index contributed by atoms with van der Waals surface area (Å²) in [6.45, 7) is 8.56. The Morgan fingerprint density at radius 1 is 1.50 bits per heavy atom. The molecule has 0 bridgehead atoms. The summed E-state index contributed by atoms with van der Waals surface area (Å²) in [5, 5.41) is 6.17. The minimum absolute atomic E-state index is 0.0211. The monoisotopic (exact) mass is 282 g/mol. The zero-order chi connectivity index (χ0) is 14.8. The maximum absolute atomic E-state index is 12.0. The number of rotatable bonds is 8. The minimum Gasteiger partial charge on any atom is -0.366 e. The number of morpholine rings is 1. The smallest absolute Gasteiger partial charge is 0.254 e. The van der Waals surface area contributed by atoms with Gasteiger partial charge in [-0.15, -0.1) is 0 Å². The van der Waals surface area contributed by atoms with Crippen LogP contribution in [-0.4, -0.2) is 31.7 Å². The molecule has 0 saturated carbocycles. The third-order valence-corrected chi connectivity index (χ3v) is 3.94. The van der Waals surface area contributed by atoms with Gasteiger partial charge in [0.15, 0.2) is 0 Å². The molecule has 1 amide bonds. The topological polar surface area (TPSA) is 50.4 Å². The maximum atomic E-state index is 12.0. The fraction of sp³-hybridized carbons (Fsp3) is 0.812. The molecule has 116 valence electrons. The van der Waals surface area contributed by atoms with E-state index in [0.717, 1.165) is 31.0 Å². The molecule has 0 radical (unpaired) electrons. The van der Waals surface area contributed by atoms with E-state index >= 15 is 0 Å². The van der Waals surface area contributed by atoms with E-state index in [1.54, 1.807) is 0 Å². The lowest BCUT2D eigenvalue weighted by Gasteiger charge is -2.23. The van der Waals surface area contributed by atoms with E-state index in [4.69, 9.17) is 4.74 Å². The number of nitrogens with one attached hydrogen (secondary N) is 2. The van der Waals surface area contributed by atoms with Gasteiger partial charge in [-0.05, 0) is 25.7 Å². The van der Waals surface area contributed by atoms with E-state index in [2.05, 4.69) is 24.5 Å². The highest BCUT2D eigenvalue weighted by Gasteiger charge is 2.21. The molecule has 2 atom stereocenters. The van der Waals surface area contributed by atoms with Gasteiger partial charge in [-0.3, -0.25) is 4.79 Å². The summed E-state index contributed by atoms with van der Waals surface area (Å²) in [6.07, 6.45) is 7.48. The van der Waals surface area contributed by atoms with Crippen molar-refractivity contribution in [3.8, 4) is 0 Å². The number of amides is 1. The Bertz CT molecular complexity index is 310. The molecular weight excluding hydrogens is 252 g/mol. The highest BCUT2D eigenvalue weighted by molar-refractivity contribution is 5.82. The number of carbonyl (C=O) groups excluding carboxylic acids is 1. The highest BCUT2D eigenvalue weighted by atomic mass is 16.5. The summed E-state index contributed by atoms with van der Waals surface area (Å²) in [6, 6.07) is 0. The predicted molar refractivity (Wildman–Crippen MR) is 82.4 cm³/mol. The second kappa shape index (κ2) is 9.94. The summed E-state index contributed by atoms with van der Waals surface area (Å²) in [7, 11) is 0. The van der Waals surface area contributed by atoms with E-state index in [-0.39, 0.29) is 12.0 Å². The standard InChI is InChI=1S/C16H30N2O2/c1-4-13(3)8-6-7-9-14(5-2)18-16(19)15-12-17-10-11-20-15/h5,13,15,17H,4,6-12H2,1-3H3,(H,18,19)/b14-5+. The Morgan fingerprint density at radius 2 is 2.30 bits per heavy atom. The number of unbranched alkanes of at least 4 members (excludes halogenated alkanes) is 1. The molecule has 20 heavy (non-hydrogen) atoms. The molecule has 1 heterocycles. The zero-order valence-corrected chi connectivity index (χ0v) is 13.2. The molecule has 1 fully saturated rings. The van der Waals surface area contributed by atoms with Crippen molar-refractivity contribution in [2.45, 2.75) is 59.0 Å². The molecule has 1 aliphatic rings. The average Bonchev–Trinajstić information content (AvgIpc) is 2.50. The summed E-state index contributed by atoms with van der Waals surface area (Å²) in [4.78, 5) is 12.0. The second-order valence-corrected chi connectivity index (χ2v) is 5.63. The first kappa shape index (κ1) is 17.2. The van der Waals surface area contributed by atoms with Gasteiger partial charge in [0.25, 0.3) is 5.91 Å². The second-order valence-electron chi connectivity index (χ2n) is 5.63. The van der Waals surface area contributed by atoms with Crippen LogP contribution in [0, 0.1) is 5.92 Å². The first-order valence-corrected chi connectivity index (χ1v) is 7.95. The van der Waals surface area contributed by atoms with Crippen LogP contribution in [0.2, 0.25) is 0 Å². The van der Waals surface area contributed by atoms with Crippen molar-refractivity contribution in [2.75, 3.05) is 19.7 Å². The van der Waals surface area contributed by atoms with E-state index in [1.807, 2.05) is 13.0 Å². The summed E-state index contributed by atoms with van der Waals surface area (Å²) < 4.78 is 5.45. The Hall–Kier alpha value is -0.870. The van der Waals surface area contributed by atoms with Crippen molar-refractivity contribution in [1.29, 1.82) is 0 Å². The number of allylic oxidation sites excluding steroid dienone is 2. The van der Waals surface area contributed by atoms with Crippen LogP contribution in [0.3, 0.4) is 0 Å². The molecule has 0 aromatic carbocycles. The van der Waals surface area contributed by atoms with Crippen LogP contribution in [0.25, 0.3) is 0 Å². The SMILES string of the molecule is C/C=C(\CCCCC(C)CC)NC(=O)C1CNCCO1. The van der Waals surface area contributed by atoms with Gasteiger partial charge in [0.05, 0.1) is 6.61 Å². The van der Waals surface area contributed by atoms with E-state index < -0.39 is 0 Å². The molecular formula is C16H30N2O2. The van der Waals surface area contributed by atoms with E-state index in [0.29, 0.717) is 13.2 Å². The molecule has 0 spiro atoms. The van der Waals surface area contributed by atoms with Crippen molar-refractivity contribution < 1.29 is 9.53 Å². The van der Waals surface area contributed by atoms with Gasteiger partial charge in [0.1, 0.15) is 6.10 Å². The summed E-state index contributed by atoms with van der Waals surface area (Å²) in [5.74, 6) is 0.785. The quantitative estimate of drug-likeness (QED) is 0.673. The third kappa shape index (κ3) is 6.53. The molecule has 4 nitrogen and oxygen atoms in total. The molecule has 1 saturated heterocycles. The lowest BCUT2D eigenvalue weighted by molar-refractivity contribution is -0.133.